The van der Waals surface area contributed by atoms with E-state index in [9.17, 15) is 4.79 Å². The summed E-state index contributed by atoms with van der Waals surface area (Å²) in [6.07, 6.45) is 1.57. The lowest BCUT2D eigenvalue weighted by atomic mass is 10.1. The highest BCUT2D eigenvalue weighted by Gasteiger charge is 2.07. The molecule has 0 aliphatic heterocycles. The maximum absolute atomic E-state index is 12.1. The van der Waals surface area contributed by atoms with Gasteiger partial charge < -0.3 is 9.47 Å². The summed E-state index contributed by atoms with van der Waals surface area (Å²) in [4.78, 5) is 12.1. The van der Waals surface area contributed by atoms with E-state index in [1.165, 1.54) is 0 Å². The molecule has 0 saturated carbocycles. The summed E-state index contributed by atoms with van der Waals surface area (Å²) in [7, 11) is 0. The zero-order valence-electron chi connectivity index (χ0n) is 17.5. The average Bonchev–Trinajstić information content (AvgIpc) is 2.75. The fourth-order valence-electron chi connectivity index (χ4n) is 2.95. The van der Waals surface area contributed by atoms with Crippen molar-refractivity contribution in [3.8, 4) is 11.5 Å². The first-order chi connectivity index (χ1) is 14.5. The number of benzene rings is 3. The van der Waals surface area contributed by atoms with Gasteiger partial charge in [-0.15, -0.1) is 0 Å². The summed E-state index contributed by atoms with van der Waals surface area (Å²) in [6, 6.07) is 21.5. The molecule has 0 saturated heterocycles. The smallest absolute Gasteiger partial charge is 0.277 e. The number of nitrogens with one attached hydrogen (secondary N) is 1. The highest BCUT2D eigenvalue weighted by molar-refractivity contribution is 5.85. The molecular formula is C25H26N2O3. The van der Waals surface area contributed by atoms with Crippen LogP contribution in [0.4, 0.5) is 0 Å². The molecule has 1 N–H and O–H groups in total. The molecule has 0 aliphatic rings. The summed E-state index contributed by atoms with van der Waals surface area (Å²) in [6.45, 7) is 6.36. The van der Waals surface area contributed by atoms with E-state index >= 15 is 0 Å². The van der Waals surface area contributed by atoms with Gasteiger partial charge in [-0.05, 0) is 61.2 Å². The monoisotopic (exact) mass is 402 g/mol. The number of hydrogen-bond acceptors (Lipinski definition) is 4. The molecular weight excluding hydrogens is 376 g/mol. The quantitative estimate of drug-likeness (QED) is 0.438. The molecule has 0 aromatic heterocycles. The predicted octanol–water partition coefficient (Wildman–Crippen LogP) is 4.72. The zero-order chi connectivity index (χ0) is 21.3. The number of rotatable bonds is 8. The van der Waals surface area contributed by atoms with Crippen molar-refractivity contribution >= 4 is 12.1 Å². The van der Waals surface area contributed by atoms with Crippen LogP contribution in [0.25, 0.3) is 0 Å². The van der Waals surface area contributed by atoms with Crippen molar-refractivity contribution in [2.45, 2.75) is 27.4 Å². The molecule has 0 atom stereocenters. The van der Waals surface area contributed by atoms with Gasteiger partial charge in [-0.2, -0.15) is 5.10 Å². The van der Waals surface area contributed by atoms with Gasteiger partial charge in [0, 0.05) is 5.56 Å². The molecule has 30 heavy (non-hydrogen) atoms. The molecule has 5 nitrogen and oxygen atoms in total. The fraction of sp³-hybridized carbons (Fsp3) is 0.200. The van der Waals surface area contributed by atoms with E-state index in [0.29, 0.717) is 18.1 Å². The number of ether oxygens (including phenoxy) is 2. The maximum atomic E-state index is 12.1. The molecule has 0 bridgehead atoms. The van der Waals surface area contributed by atoms with Crippen LogP contribution in [0, 0.1) is 20.8 Å². The van der Waals surface area contributed by atoms with Gasteiger partial charge in [0.05, 0.1) is 6.21 Å². The average molecular weight is 402 g/mol. The minimum absolute atomic E-state index is 0.104. The topological polar surface area (TPSA) is 59.9 Å². The number of amides is 1. The minimum atomic E-state index is -0.326. The van der Waals surface area contributed by atoms with E-state index in [0.717, 1.165) is 27.8 Å². The number of aryl methyl sites for hydroxylation is 2. The van der Waals surface area contributed by atoms with Crippen LogP contribution < -0.4 is 14.9 Å². The standard InChI is InChI=1S/C25H26N2O3/c1-18-13-19(2)20(3)24(14-18)30-17-25(28)27-26-15-22-11-7-8-12-23(22)29-16-21-9-5-4-6-10-21/h4-15H,16-17H2,1-3H3,(H,27,28)/b26-15+. The largest absolute Gasteiger partial charge is 0.488 e. The van der Waals surface area contributed by atoms with Crippen molar-refractivity contribution < 1.29 is 14.3 Å². The van der Waals surface area contributed by atoms with Crippen LogP contribution in [0.2, 0.25) is 0 Å². The first-order valence-electron chi connectivity index (χ1n) is 9.81. The molecule has 0 spiro atoms. The van der Waals surface area contributed by atoms with Gasteiger partial charge in [0.1, 0.15) is 18.1 Å². The van der Waals surface area contributed by atoms with Crippen LogP contribution in [0.5, 0.6) is 11.5 Å². The number of carbonyl (C=O) groups excluding carboxylic acids is 1. The maximum Gasteiger partial charge on any atom is 0.277 e. The van der Waals surface area contributed by atoms with E-state index in [1.54, 1.807) is 6.21 Å². The van der Waals surface area contributed by atoms with Gasteiger partial charge in [0.15, 0.2) is 6.61 Å². The van der Waals surface area contributed by atoms with Crippen molar-refractivity contribution in [2.24, 2.45) is 5.10 Å². The third-order valence-corrected chi connectivity index (χ3v) is 4.67. The zero-order valence-corrected chi connectivity index (χ0v) is 17.5. The first-order valence-corrected chi connectivity index (χ1v) is 9.81. The Kier molecular flexibility index (Phi) is 7.22. The number of hydrazone groups is 1. The summed E-state index contributed by atoms with van der Waals surface area (Å²) >= 11 is 0. The molecule has 3 aromatic carbocycles. The summed E-state index contributed by atoms with van der Waals surface area (Å²) in [5.41, 5.74) is 7.62. The Labute approximate surface area is 177 Å². The van der Waals surface area contributed by atoms with Crippen molar-refractivity contribution in [2.75, 3.05) is 6.61 Å². The van der Waals surface area contributed by atoms with Crippen LogP contribution in [0.15, 0.2) is 71.8 Å². The Balaban J connectivity index is 1.54. The lowest BCUT2D eigenvalue weighted by Gasteiger charge is -2.11. The molecule has 5 heteroatoms. The van der Waals surface area contributed by atoms with Gasteiger partial charge in [0.2, 0.25) is 0 Å². The number of hydrogen-bond donors (Lipinski definition) is 1. The molecule has 0 fully saturated rings. The Morgan fingerprint density at radius 3 is 2.47 bits per heavy atom. The first kappa shape index (κ1) is 21.1. The van der Waals surface area contributed by atoms with Gasteiger partial charge in [-0.1, -0.05) is 48.5 Å². The molecule has 0 unspecified atom stereocenters. The van der Waals surface area contributed by atoms with E-state index in [-0.39, 0.29) is 12.5 Å². The lowest BCUT2D eigenvalue weighted by molar-refractivity contribution is -0.123. The molecule has 0 aliphatic carbocycles. The normalized spacial score (nSPS) is 10.8. The Morgan fingerprint density at radius 1 is 0.933 bits per heavy atom. The van der Waals surface area contributed by atoms with Crippen LogP contribution in [0.1, 0.15) is 27.8 Å². The third-order valence-electron chi connectivity index (χ3n) is 4.67. The second-order valence-corrected chi connectivity index (χ2v) is 7.10. The SMILES string of the molecule is Cc1cc(C)c(C)c(OCC(=O)N/N=C/c2ccccc2OCc2ccccc2)c1. The van der Waals surface area contributed by atoms with Crippen LogP contribution in [0.3, 0.4) is 0 Å². The number of carbonyl (C=O) groups is 1. The van der Waals surface area contributed by atoms with Gasteiger partial charge in [0.25, 0.3) is 5.91 Å². The fourth-order valence-corrected chi connectivity index (χ4v) is 2.95. The van der Waals surface area contributed by atoms with E-state index < -0.39 is 0 Å². The molecule has 3 rings (SSSR count). The summed E-state index contributed by atoms with van der Waals surface area (Å²) in [5.74, 6) is 1.08. The lowest BCUT2D eigenvalue weighted by Crippen LogP contribution is -2.24. The van der Waals surface area contributed by atoms with Crippen LogP contribution >= 0.6 is 0 Å². The molecule has 0 heterocycles. The van der Waals surface area contributed by atoms with E-state index in [1.807, 2.05) is 81.4 Å². The van der Waals surface area contributed by atoms with Crippen molar-refractivity contribution in [1.29, 1.82) is 0 Å². The number of para-hydroxylation sites is 1. The van der Waals surface area contributed by atoms with Crippen LogP contribution in [-0.4, -0.2) is 18.7 Å². The van der Waals surface area contributed by atoms with Crippen molar-refractivity contribution in [3.63, 3.8) is 0 Å². The highest BCUT2D eigenvalue weighted by atomic mass is 16.5. The molecule has 1 amide bonds. The predicted molar refractivity (Wildman–Crippen MR) is 119 cm³/mol. The second-order valence-electron chi connectivity index (χ2n) is 7.10. The van der Waals surface area contributed by atoms with Gasteiger partial charge in [-0.25, -0.2) is 5.43 Å². The Hall–Kier alpha value is -3.60. The summed E-state index contributed by atoms with van der Waals surface area (Å²) < 4.78 is 11.6. The Bertz CT molecular complexity index is 1030. The number of nitrogens with zero attached hydrogens (tertiary/aromatic N) is 1. The van der Waals surface area contributed by atoms with Crippen LogP contribution in [-0.2, 0) is 11.4 Å². The summed E-state index contributed by atoms with van der Waals surface area (Å²) in [5, 5.41) is 4.04. The van der Waals surface area contributed by atoms with Crippen molar-refractivity contribution in [1.82, 2.24) is 5.43 Å². The second kappa shape index (κ2) is 10.3. The Morgan fingerprint density at radius 2 is 1.67 bits per heavy atom. The highest BCUT2D eigenvalue weighted by Crippen LogP contribution is 2.23. The van der Waals surface area contributed by atoms with Gasteiger partial charge >= 0.3 is 0 Å². The van der Waals surface area contributed by atoms with E-state index in [4.69, 9.17) is 9.47 Å². The molecule has 3 aromatic rings. The molecule has 0 radical (unpaired) electrons. The van der Waals surface area contributed by atoms with Gasteiger partial charge in [-0.3, -0.25) is 4.79 Å². The van der Waals surface area contributed by atoms with Crippen molar-refractivity contribution in [3.05, 3.63) is 94.5 Å². The molecule has 154 valence electrons. The third kappa shape index (κ3) is 5.95. The minimum Gasteiger partial charge on any atom is -0.488 e. The van der Waals surface area contributed by atoms with E-state index in [2.05, 4.69) is 16.6 Å².